The molecule has 0 saturated heterocycles. The van der Waals surface area contributed by atoms with E-state index < -0.39 is 50.2 Å². The van der Waals surface area contributed by atoms with Gasteiger partial charge in [-0.05, 0) is 20.3 Å². The van der Waals surface area contributed by atoms with Crippen LogP contribution in [0, 0.1) is 0 Å². The van der Waals surface area contributed by atoms with Crippen molar-refractivity contribution < 1.29 is 35.9 Å². The molecular weight excluding hydrogens is 338 g/mol. The van der Waals surface area contributed by atoms with E-state index in [-0.39, 0.29) is 18.8 Å². The third-order valence-corrected chi connectivity index (χ3v) is 4.73. The fraction of sp³-hybridized carbons (Fsp3) is 0.818. The topological polar surface area (TPSA) is 133 Å². The van der Waals surface area contributed by atoms with Crippen molar-refractivity contribution in [2.75, 3.05) is 30.9 Å². The van der Waals surface area contributed by atoms with Crippen LogP contribution in [-0.2, 0) is 38.9 Å². The van der Waals surface area contributed by atoms with E-state index in [1.165, 1.54) is 6.92 Å². The lowest BCUT2D eigenvalue weighted by Crippen LogP contribution is -2.35. The zero-order valence-corrected chi connectivity index (χ0v) is 14.3. The minimum atomic E-state index is -3.80. The largest absolute Gasteiger partial charge is 0.463 e. The van der Waals surface area contributed by atoms with Crippen molar-refractivity contribution in [3.63, 3.8) is 0 Å². The molecule has 0 bridgehead atoms. The van der Waals surface area contributed by atoms with E-state index in [0.717, 1.165) is 6.26 Å². The maximum absolute atomic E-state index is 11.5. The molecule has 0 amide bonds. The zero-order valence-electron chi connectivity index (χ0n) is 12.7. The number of ether oxygens (including phenoxy) is 2. The van der Waals surface area contributed by atoms with Gasteiger partial charge in [-0.25, -0.2) is 26.4 Å². The summed E-state index contributed by atoms with van der Waals surface area (Å²) in [5, 5.41) is 0. The van der Waals surface area contributed by atoms with Crippen LogP contribution in [0.25, 0.3) is 0 Å². The Kier molecular flexibility index (Phi) is 8.56. The van der Waals surface area contributed by atoms with Crippen molar-refractivity contribution >= 4 is 31.8 Å². The van der Waals surface area contributed by atoms with Gasteiger partial charge in [-0.15, -0.1) is 0 Å². The van der Waals surface area contributed by atoms with E-state index in [0.29, 0.717) is 0 Å². The quantitative estimate of drug-likeness (QED) is 0.483. The maximum Gasteiger partial charge on any atom is 0.347 e. The van der Waals surface area contributed by atoms with Crippen LogP contribution in [0.3, 0.4) is 0 Å². The molecule has 0 heterocycles. The fourth-order valence-corrected chi connectivity index (χ4v) is 3.16. The zero-order chi connectivity index (χ0) is 17.4. The lowest BCUT2D eigenvalue weighted by atomic mass is 10.4. The first-order valence-electron chi connectivity index (χ1n) is 6.48. The van der Waals surface area contributed by atoms with Crippen molar-refractivity contribution in [3.8, 4) is 0 Å². The monoisotopic (exact) mass is 359 g/mol. The number of carbonyl (C=O) groups is 2. The highest BCUT2D eigenvalue weighted by Crippen LogP contribution is 1.97. The summed E-state index contributed by atoms with van der Waals surface area (Å²) in [6.45, 7) is 2.38. The van der Waals surface area contributed by atoms with E-state index in [2.05, 4.69) is 9.47 Å². The van der Waals surface area contributed by atoms with Crippen LogP contribution in [0.4, 0.5) is 0 Å². The van der Waals surface area contributed by atoms with Crippen molar-refractivity contribution in [2.45, 2.75) is 26.4 Å². The van der Waals surface area contributed by atoms with Crippen LogP contribution in [-0.4, -0.2) is 65.8 Å². The van der Waals surface area contributed by atoms with Gasteiger partial charge in [0.05, 0.1) is 18.1 Å². The number of sulfonamides is 1. The highest BCUT2D eigenvalue weighted by atomic mass is 32.2. The number of rotatable bonds is 10. The summed E-state index contributed by atoms with van der Waals surface area (Å²) in [5.41, 5.74) is 0. The molecule has 0 fully saturated rings. The van der Waals surface area contributed by atoms with Gasteiger partial charge < -0.3 is 9.47 Å². The Balaban J connectivity index is 4.20. The molecular formula is C11H21NO8S2. The average Bonchev–Trinajstić information content (AvgIpc) is 2.35. The van der Waals surface area contributed by atoms with Crippen LogP contribution in [0.2, 0.25) is 0 Å². The maximum atomic E-state index is 11.5. The molecule has 0 spiro atoms. The predicted octanol–water partition coefficient (Wildman–Crippen LogP) is -1.16. The standard InChI is InChI=1S/C11H21NO8S2/c1-4-19-11(14)9(2)20-10(13)8-12-22(17,18)7-5-6-21(3,15)16/h9,12H,4-8H2,1-3H3. The van der Waals surface area contributed by atoms with Crippen molar-refractivity contribution in [1.29, 1.82) is 0 Å². The van der Waals surface area contributed by atoms with Gasteiger partial charge in [0.1, 0.15) is 16.4 Å². The lowest BCUT2D eigenvalue weighted by Gasteiger charge is -2.12. The van der Waals surface area contributed by atoms with Crippen LogP contribution in [0.1, 0.15) is 20.3 Å². The molecule has 0 aromatic heterocycles. The Morgan fingerprint density at radius 3 is 2.23 bits per heavy atom. The first-order chi connectivity index (χ1) is 9.97. The average molecular weight is 359 g/mol. The molecule has 1 N–H and O–H groups in total. The SMILES string of the molecule is CCOC(=O)C(C)OC(=O)CNS(=O)(=O)CCCS(C)(=O)=O. The van der Waals surface area contributed by atoms with Gasteiger partial charge in [0, 0.05) is 6.26 Å². The molecule has 0 aromatic carbocycles. The first-order valence-corrected chi connectivity index (χ1v) is 10.2. The van der Waals surface area contributed by atoms with Gasteiger partial charge in [0.25, 0.3) is 0 Å². The summed E-state index contributed by atoms with van der Waals surface area (Å²) >= 11 is 0. The summed E-state index contributed by atoms with van der Waals surface area (Å²) in [4.78, 5) is 22.6. The predicted molar refractivity (Wildman–Crippen MR) is 78.3 cm³/mol. The Bertz CT molecular complexity index is 581. The minimum absolute atomic E-state index is 0.0809. The highest BCUT2D eigenvalue weighted by Gasteiger charge is 2.20. The van der Waals surface area contributed by atoms with Crippen LogP contribution < -0.4 is 4.72 Å². The van der Waals surface area contributed by atoms with Gasteiger partial charge in [0.2, 0.25) is 10.0 Å². The molecule has 0 aliphatic heterocycles. The number of hydrogen-bond donors (Lipinski definition) is 1. The number of esters is 2. The first kappa shape index (κ1) is 20.8. The number of carbonyl (C=O) groups excluding carboxylic acids is 2. The molecule has 0 aliphatic rings. The van der Waals surface area contributed by atoms with E-state index in [4.69, 9.17) is 0 Å². The molecule has 0 radical (unpaired) electrons. The lowest BCUT2D eigenvalue weighted by molar-refractivity contribution is -0.165. The number of nitrogens with one attached hydrogen (secondary N) is 1. The summed E-state index contributed by atoms with van der Waals surface area (Å²) in [7, 11) is -7.04. The molecule has 0 aromatic rings. The molecule has 0 saturated carbocycles. The molecule has 9 nitrogen and oxygen atoms in total. The fourth-order valence-electron chi connectivity index (χ4n) is 1.30. The molecule has 11 heteroatoms. The van der Waals surface area contributed by atoms with E-state index in [1.807, 2.05) is 4.72 Å². The molecule has 1 atom stereocenters. The number of sulfone groups is 1. The summed E-state index contributed by atoms with van der Waals surface area (Å²) in [6, 6.07) is 0. The normalized spacial score (nSPS) is 13.4. The van der Waals surface area contributed by atoms with Crippen LogP contribution in [0.5, 0.6) is 0 Å². The van der Waals surface area contributed by atoms with Crippen molar-refractivity contribution in [1.82, 2.24) is 4.72 Å². The Morgan fingerprint density at radius 1 is 1.14 bits per heavy atom. The van der Waals surface area contributed by atoms with Gasteiger partial charge in [-0.1, -0.05) is 0 Å². The molecule has 0 rings (SSSR count). The molecule has 0 aliphatic carbocycles. The second kappa shape index (κ2) is 9.06. The van der Waals surface area contributed by atoms with Gasteiger partial charge in [0.15, 0.2) is 6.10 Å². The van der Waals surface area contributed by atoms with E-state index in [9.17, 15) is 26.4 Å². The minimum Gasteiger partial charge on any atom is -0.463 e. The van der Waals surface area contributed by atoms with E-state index >= 15 is 0 Å². The van der Waals surface area contributed by atoms with Crippen molar-refractivity contribution in [2.24, 2.45) is 0 Å². The van der Waals surface area contributed by atoms with Crippen molar-refractivity contribution in [3.05, 3.63) is 0 Å². The third-order valence-electron chi connectivity index (χ3n) is 2.29. The number of hydrogen-bond acceptors (Lipinski definition) is 8. The molecule has 130 valence electrons. The second-order valence-electron chi connectivity index (χ2n) is 4.51. The Labute approximate surface area is 130 Å². The summed E-state index contributed by atoms with van der Waals surface area (Å²) < 4.78 is 56.1. The van der Waals surface area contributed by atoms with Gasteiger partial charge >= 0.3 is 11.9 Å². The highest BCUT2D eigenvalue weighted by molar-refractivity contribution is 7.91. The Morgan fingerprint density at radius 2 is 1.73 bits per heavy atom. The molecule has 1 unspecified atom stereocenters. The molecule has 22 heavy (non-hydrogen) atoms. The Hall–Kier alpha value is -1.20. The van der Waals surface area contributed by atoms with Gasteiger partial charge in [-0.2, -0.15) is 0 Å². The second-order valence-corrected chi connectivity index (χ2v) is 8.69. The van der Waals surface area contributed by atoms with Crippen LogP contribution in [0.15, 0.2) is 0 Å². The smallest absolute Gasteiger partial charge is 0.347 e. The summed E-state index contributed by atoms with van der Waals surface area (Å²) in [5.74, 6) is -2.36. The van der Waals surface area contributed by atoms with E-state index in [1.54, 1.807) is 6.92 Å². The van der Waals surface area contributed by atoms with Gasteiger partial charge in [-0.3, -0.25) is 4.79 Å². The van der Waals surface area contributed by atoms with Crippen LogP contribution >= 0.6 is 0 Å². The third kappa shape index (κ3) is 10.5. The summed E-state index contributed by atoms with van der Waals surface area (Å²) in [6.07, 6.45) is -0.217.